The van der Waals surface area contributed by atoms with E-state index in [9.17, 15) is 0 Å². The highest BCUT2D eigenvalue weighted by Gasteiger charge is 2.44. The van der Waals surface area contributed by atoms with Gasteiger partial charge in [0.2, 0.25) is 0 Å². The number of nitrogens with one attached hydrogen (secondary N) is 1. The Kier molecular flexibility index (Phi) is 4.66. The molecule has 2 nitrogen and oxygen atoms in total. The molecule has 3 fully saturated rings. The first-order chi connectivity index (χ1) is 9.99. The Balaban J connectivity index is 1.76. The summed E-state index contributed by atoms with van der Waals surface area (Å²) in [4.78, 5) is 2.96. The van der Waals surface area contributed by atoms with Crippen LogP contribution in [0.4, 0.5) is 0 Å². The highest BCUT2D eigenvalue weighted by molar-refractivity contribution is 5.03. The van der Waals surface area contributed by atoms with Crippen LogP contribution in [0.5, 0.6) is 0 Å². The van der Waals surface area contributed by atoms with E-state index in [0.717, 1.165) is 29.8 Å². The van der Waals surface area contributed by atoms with Crippen molar-refractivity contribution in [2.24, 2.45) is 17.8 Å². The van der Waals surface area contributed by atoms with Crippen molar-refractivity contribution in [1.82, 2.24) is 10.2 Å². The minimum atomic E-state index is 0.468. The maximum Gasteiger partial charge on any atom is 0.0309 e. The monoisotopic (exact) mass is 292 g/mol. The third kappa shape index (κ3) is 3.32. The second-order valence-electron chi connectivity index (χ2n) is 8.92. The van der Waals surface area contributed by atoms with E-state index in [4.69, 9.17) is 0 Å². The summed E-state index contributed by atoms with van der Waals surface area (Å²) in [5.41, 5.74) is 0.468. The van der Waals surface area contributed by atoms with Crippen LogP contribution in [-0.4, -0.2) is 35.6 Å². The van der Waals surface area contributed by atoms with Gasteiger partial charge in [0.25, 0.3) is 0 Å². The molecule has 0 bridgehead atoms. The number of hydrogen-bond acceptors (Lipinski definition) is 2. The third-order valence-corrected chi connectivity index (χ3v) is 6.55. The summed E-state index contributed by atoms with van der Waals surface area (Å²) in [6.45, 7) is 12.3. The molecule has 0 aromatic heterocycles. The minimum Gasteiger partial charge on any atom is -0.308 e. The predicted molar refractivity (Wildman–Crippen MR) is 90.5 cm³/mol. The van der Waals surface area contributed by atoms with Crippen molar-refractivity contribution in [3.8, 4) is 0 Å². The molecular formula is C19H36N2. The SMILES string of the molecule is CC1CC(C)CC(N2CC3(CCCC3)NCC2C(C)C)C1. The summed E-state index contributed by atoms with van der Waals surface area (Å²) in [6, 6.07) is 1.59. The first-order valence-corrected chi connectivity index (χ1v) is 9.50. The fraction of sp³-hybridized carbons (Fsp3) is 1.00. The summed E-state index contributed by atoms with van der Waals surface area (Å²) in [7, 11) is 0. The highest BCUT2D eigenvalue weighted by Crippen LogP contribution is 2.39. The topological polar surface area (TPSA) is 15.3 Å². The van der Waals surface area contributed by atoms with Crippen LogP contribution in [-0.2, 0) is 0 Å². The molecule has 0 aromatic rings. The van der Waals surface area contributed by atoms with Crippen LogP contribution in [0.25, 0.3) is 0 Å². The molecule has 0 amide bonds. The van der Waals surface area contributed by atoms with E-state index in [1.807, 2.05) is 0 Å². The van der Waals surface area contributed by atoms with Crippen molar-refractivity contribution >= 4 is 0 Å². The quantitative estimate of drug-likeness (QED) is 0.826. The molecule has 1 saturated heterocycles. The van der Waals surface area contributed by atoms with Gasteiger partial charge in [-0.3, -0.25) is 4.90 Å². The van der Waals surface area contributed by atoms with Crippen LogP contribution in [0.2, 0.25) is 0 Å². The molecule has 1 N–H and O–H groups in total. The molecule has 21 heavy (non-hydrogen) atoms. The lowest BCUT2D eigenvalue weighted by molar-refractivity contribution is -0.00555. The van der Waals surface area contributed by atoms with Crippen molar-refractivity contribution in [2.75, 3.05) is 13.1 Å². The van der Waals surface area contributed by atoms with Gasteiger partial charge in [0.05, 0.1) is 0 Å². The number of hydrogen-bond donors (Lipinski definition) is 1. The molecule has 122 valence electrons. The van der Waals surface area contributed by atoms with Crippen molar-refractivity contribution in [3.63, 3.8) is 0 Å². The van der Waals surface area contributed by atoms with E-state index in [0.29, 0.717) is 5.54 Å². The van der Waals surface area contributed by atoms with Gasteiger partial charge >= 0.3 is 0 Å². The summed E-state index contributed by atoms with van der Waals surface area (Å²) in [5.74, 6) is 2.60. The Hall–Kier alpha value is -0.0800. The van der Waals surface area contributed by atoms with Crippen molar-refractivity contribution in [2.45, 2.75) is 90.3 Å². The molecule has 3 unspecified atom stereocenters. The zero-order valence-corrected chi connectivity index (χ0v) is 14.7. The lowest BCUT2D eigenvalue weighted by Crippen LogP contribution is -2.66. The first kappa shape index (κ1) is 15.8. The molecule has 0 radical (unpaired) electrons. The Morgan fingerprint density at radius 2 is 1.62 bits per heavy atom. The normalized spacial score (nSPS) is 41.0. The zero-order valence-electron chi connectivity index (χ0n) is 14.7. The van der Waals surface area contributed by atoms with E-state index in [2.05, 4.69) is 37.9 Å². The van der Waals surface area contributed by atoms with Crippen LogP contribution in [0, 0.1) is 17.8 Å². The molecule has 2 heteroatoms. The largest absolute Gasteiger partial charge is 0.308 e. The fourth-order valence-corrected chi connectivity index (χ4v) is 5.54. The number of piperazine rings is 1. The Bertz CT molecular complexity index is 335. The van der Waals surface area contributed by atoms with E-state index in [1.54, 1.807) is 0 Å². The van der Waals surface area contributed by atoms with Crippen molar-refractivity contribution < 1.29 is 0 Å². The zero-order chi connectivity index (χ0) is 15.0. The Labute approximate surface area is 132 Å². The molecule has 1 aliphatic heterocycles. The molecular weight excluding hydrogens is 256 g/mol. The second-order valence-corrected chi connectivity index (χ2v) is 8.92. The molecule has 3 atom stereocenters. The van der Waals surface area contributed by atoms with Crippen molar-refractivity contribution in [1.29, 1.82) is 0 Å². The summed E-state index contributed by atoms with van der Waals surface area (Å²) < 4.78 is 0. The van der Waals surface area contributed by atoms with Crippen LogP contribution in [0.1, 0.15) is 72.6 Å². The van der Waals surface area contributed by atoms with E-state index < -0.39 is 0 Å². The average molecular weight is 293 g/mol. The first-order valence-electron chi connectivity index (χ1n) is 9.50. The van der Waals surface area contributed by atoms with Gasteiger partial charge in [0.1, 0.15) is 0 Å². The third-order valence-electron chi connectivity index (χ3n) is 6.55. The molecule has 3 rings (SSSR count). The van der Waals surface area contributed by atoms with Crippen LogP contribution >= 0.6 is 0 Å². The fourth-order valence-electron chi connectivity index (χ4n) is 5.54. The van der Waals surface area contributed by atoms with E-state index >= 15 is 0 Å². The highest BCUT2D eigenvalue weighted by atomic mass is 15.3. The summed E-state index contributed by atoms with van der Waals surface area (Å²) in [6.07, 6.45) is 10.0. The second kappa shape index (κ2) is 6.20. The van der Waals surface area contributed by atoms with Gasteiger partial charge in [-0.2, -0.15) is 0 Å². The van der Waals surface area contributed by atoms with E-state index in [1.165, 1.54) is 58.0 Å². The molecule has 0 aromatic carbocycles. The van der Waals surface area contributed by atoms with Gasteiger partial charge in [-0.1, -0.05) is 40.5 Å². The molecule has 2 aliphatic carbocycles. The maximum atomic E-state index is 3.98. The van der Waals surface area contributed by atoms with Gasteiger partial charge in [-0.25, -0.2) is 0 Å². The average Bonchev–Trinajstić information content (AvgIpc) is 2.85. The van der Waals surface area contributed by atoms with Gasteiger partial charge in [0, 0.05) is 30.7 Å². The summed E-state index contributed by atoms with van der Waals surface area (Å²) >= 11 is 0. The van der Waals surface area contributed by atoms with Gasteiger partial charge in [-0.15, -0.1) is 0 Å². The Morgan fingerprint density at radius 3 is 2.19 bits per heavy atom. The van der Waals surface area contributed by atoms with Gasteiger partial charge in [0.15, 0.2) is 0 Å². The molecule has 2 saturated carbocycles. The lowest BCUT2D eigenvalue weighted by Gasteiger charge is -2.52. The van der Waals surface area contributed by atoms with Gasteiger partial charge < -0.3 is 5.32 Å². The standard InChI is InChI=1S/C19H36N2/c1-14(2)18-12-20-19(7-5-6-8-19)13-21(18)17-10-15(3)9-16(4)11-17/h14-18,20H,5-13H2,1-4H3. The molecule has 1 spiro atoms. The molecule has 3 aliphatic rings. The van der Waals surface area contributed by atoms with Crippen LogP contribution in [0.3, 0.4) is 0 Å². The number of rotatable bonds is 2. The van der Waals surface area contributed by atoms with E-state index in [-0.39, 0.29) is 0 Å². The minimum absolute atomic E-state index is 0.468. The van der Waals surface area contributed by atoms with Crippen LogP contribution < -0.4 is 5.32 Å². The molecule has 1 heterocycles. The van der Waals surface area contributed by atoms with Crippen molar-refractivity contribution in [3.05, 3.63) is 0 Å². The Morgan fingerprint density at radius 1 is 1.00 bits per heavy atom. The number of nitrogens with zero attached hydrogens (tertiary/aromatic N) is 1. The smallest absolute Gasteiger partial charge is 0.0309 e. The predicted octanol–water partition coefficient (Wildman–Crippen LogP) is 4.05. The maximum absolute atomic E-state index is 3.98. The lowest BCUT2D eigenvalue weighted by atomic mass is 9.77. The van der Waals surface area contributed by atoms with Gasteiger partial charge in [-0.05, 0) is 49.9 Å². The van der Waals surface area contributed by atoms with Crippen LogP contribution in [0.15, 0.2) is 0 Å². The summed E-state index contributed by atoms with van der Waals surface area (Å²) in [5, 5.41) is 3.98.